The summed E-state index contributed by atoms with van der Waals surface area (Å²) < 4.78 is 38.3. The molecule has 2 fully saturated rings. The van der Waals surface area contributed by atoms with Crippen molar-refractivity contribution in [1.82, 2.24) is 25.3 Å². The number of halogens is 3. The first-order valence-electron chi connectivity index (χ1n) is 11.9. The lowest BCUT2D eigenvalue weighted by Gasteiger charge is -2.23. The first-order valence-corrected chi connectivity index (χ1v) is 11.9. The Morgan fingerprint density at radius 1 is 0.971 bits per heavy atom. The first-order chi connectivity index (χ1) is 16.4. The number of nitrogens with one attached hydrogen (secondary N) is 3. The molecule has 4 rings (SSSR count). The molecule has 0 spiro atoms. The van der Waals surface area contributed by atoms with E-state index in [1.807, 2.05) is 6.07 Å². The van der Waals surface area contributed by atoms with Gasteiger partial charge in [0.2, 0.25) is 11.9 Å². The minimum absolute atomic E-state index is 0.0346. The van der Waals surface area contributed by atoms with Crippen molar-refractivity contribution in [3.63, 3.8) is 0 Å². The number of hydrogen-bond acceptors (Lipinski definition) is 9. The fourth-order valence-electron chi connectivity index (χ4n) is 4.15. The molecule has 2 aromatic heterocycles. The van der Waals surface area contributed by atoms with Crippen molar-refractivity contribution >= 4 is 23.5 Å². The van der Waals surface area contributed by atoms with Crippen LogP contribution in [-0.4, -0.2) is 71.8 Å². The van der Waals surface area contributed by atoms with Crippen molar-refractivity contribution in [2.45, 2.75) is 44.8 Å². The van der Waals surface area contributed by atoms with E-state index in [9.17, 15) is 13.2 Å². The monoisotopic (exact) mass is 479 g/mol. The number of nitrogens with zero attached hydrogens (tertiary/aromatic N) is 6. The minimum Gasteiger partial charge on any atom is -0.366 e. The molecule has 2 aliphatic heterocycles. The third-order valence-corrected chi connectivity index (χ3v) is 5.90. The lowest BCUT2D eigenvalue weighted by Crippen LogP contribution is -2.34. The minimum atomic E-state index is -4.48. The largest absolute Gasteiger partial charge is 0.433 e. The smallest absolute Gasteiger partial charge is 0.366 e. The van der Waals surface area contributed by atoms with Crippen LogP contribution in [0.25, 0.3) is 0 Å². The highest BCUT2D eigenvalue weighted by atomic mass is 19.4. The van der Waals surface area contributed by atoms with E-state index < -0.39 is 11.9 Å². The van der Waals surface area contributed by atoms with E-state index in [4.69, 9.17) is 9.97 Å². The fraction of sp³-hybridized carbons (Fsp3) is 0.636. The van der Waals surface area contributed by atoms with Crippen LogP contribution in [0.5, 0.6) is 0 Å². The maximum Gasteiger partial charge on any atom is 0.433 e. The number of anilines is 4. The molecule has 0 radical (unpaired) electrons. The molecular formula is C22H32F3N9. The Labute approximate surface area is 197 Å². The number of rotatable bonds is 10. The maximum absolute atomic E-state index is 12.8. The maximum atomic E-state index is 12.8. The van der Waals surface area contributed by atoms with Crippen molar-refractivity contribution < 1.29 is 13.2 Å². The lowest BCUT2D eigenvalue weighted by atomic mass is 10.3. The molecular weight excluding hydrogens is 447 g/mol. The highest BCUT2D eigenvalue weighted by molar-refractivity contribution is 5.55. The van der Waals surface area contributed by atoms with Gasteiger partial charge >= 0.3 is 6.18 Å². The van der Waals surface area contributed by atoms with Gasteiger partial charge < -0.3 is 25.8 Å². The zero-order valence-electron chi connectivity index (χ0n) is 19.4. The van der Waals surface area contributed by atoms with Gasteiger partial charge in [-0.3, -0.25) is 0 Å². The number of hydrogen-bond donors (Lipinski definition) is 3. The van der Waals surface area contributed by atoms with Crippen LogP contribution in [0, 0.1) is 0 Å². The molecule has 1 unspecified atom stereocenters. The molecule has 2 saturated heterocycles. The Hall–Kier alpha value is -2.89. The molecule has 0 bridgehead atoms. The summed E-state index contributed by atoms with van der Waals surface area (Å²) in [5.41, 5.74) is -0.956. The van der Waals surface area contributed by atoms with Crippen molar-refractivity contribution in [1.29, 1.82) is 0 Å². The average Bonchev–Trinajstić information content (AvgIpc) is 3.53. The van der Waals surface area contributed by atoms with Gasteiger partial charge in [0.25, 0.3) is 0 Å². The Morgan fingerprint density at radius 3 is 2.38 bits per heavy atom. The topological polar surface area (TPSA) is 94.1 Å². The second-order valence-electron chi connectivity index (χ2n) is 8.74. The summed E-state index contributed by atoms with van der Waals surface area (Å²) in [6.45, 7) is 7.69. The molecule has 0 amide bonds. The first kappa shape index (κ1) is 24.2. The van der Waals surface area contributed by atoms with Crippen LogP contribution in [0.4, 0.5) is 36.7 Å². The highest BCUT2D eigenvalue weighted by Crippen LogP contribution is 2.28. The van der Waals surface area contributed by atoms with Crippen LogP contribution in [0.3, 0.4) is 0 Å². The van der Waals surface area contributed by atoms with Gasteiger partial charge in [0, 0.05) is 64.1 Å². The summed E-state index contributed by atoms with van der Waals surface area (Å²) in [7, 11) is 0. The predicted molar refractivity (Wildman–Crippen MR) is 126 cm³/mol. The van der Waals surface area contributed by atoms with Crippen LogP contribution in [0.1, 0.15) is 38.3 Å². The van der Waals surface area contributed by atoms with Gasteiger partial charge in [-0.05, 0) is 38.7 Å². The van der Waals surface area contributed by atoms with Crippen molar-refractivity contribution in [2.75, 3.05) is 66.2 Å². The van der Waals surface area contributed by atoms with Crippen LogP contribution in [0.2, 0.25) is 0 Å². The molecule has 186 valence electrons. The van der Waals surface area contributed by atoms with E-state index >= 15 is 0 Å². The van der Waals surface area contributed by atoms with Gasteiger partial charge in [0.05, 0.1) is 0 Å². The molecule has 2 aromatic rings. The summed E-state index contributed by atoms with van der Waals surface area (Å²) in [4.78, 5) is 21.5. The normalized spacial score (nSPS) is 17.3. The van der Waals surface area contributed by atoms with E-state index in [-0.39, 0.29) is 12.0 Å². The summed E-state index contributed by atoms with van der Waals surface area (Å²) in [6.07, 6.45) is 1.33. The summed E-state index contributed by atoms with van der Waals surface area (Å²) in [6, 6.07) is 2.97. The second kappa shape index (κ2) is 11.0. The molecule has 0 aliphatic carbocycles. The number of alkyl halides is 3. The second-order valence-corrected chi connectivity index (χ2v) is 8.74. The van der Waals surface area contributed by atoms with E-state index in [2.05, 4.69) is 42.6 Å². The molecule has 4 heterocycles. The van der Waals surface area contributed by atoms with Crippen molar-refractivity contribution in [3.05, 3.63) is 24.0 Å². The predicted octanol–water partition coefficient (Wildman–Crippen LogP) is 2.99. The molecule has 12 heteroatoms. The zero-order valence-corrected chi connectivity index (χ0v) is 19.4. The van der Waals surface area contributed by atoms with E-state index in [1.54, 1.807) is 0 Å². The number of aromatic nitrogens is 4. The zero-order chi connectivity index (χ0) is 24.0. The van der Waals surface area contributed by atoms with Crippen LogP contribution >= 0.6 is 0 Å². The Bertz CT molecular complexity index is 894. The van der Waals surface area contributed by atoms with Crippen molar-refractivity contribution in [2.24, 2.45) is 0 Å². The van der Waals surface area contributed by atoms with Gasteiger partial charge in [0.15, 0.2) is 0 Å². The average molecular weight is 480 g/mol. The molecule has 0 saturated carbocycles. The molecule has 34 heavy (non-hydrogen) atoms. The van der Waals surface area contributed by atoms with Gasteiger partial charge in [-0.1, -0.05) is 0 Å². The quantitative estimate of drug-likeness (QED) is 0.445. The third kappa shape index (κ3) is 6.58. The van der Waals surface area contributed by atoms with Crippen LogP contribution < -0.4 is 25.8 Å². The van der Waals surface area contributed by atoms with Gasteiger partial charge in [-0.2, -0.15) is 23.1 Å². The summed E-state index contributed by atoms with van der Waals surface area (Å²) in [5, 5.41) is 9.58. The molecule has 9 nitrogen and oxygen atoms in total. The molecule has 2 aliphatic rings. The Kier molecular flexibility index (Phi) is 7.86. The lowest BCUT2D eigenvalue weighted by molar-refractivity contribution is -0.141. The molecule has 1 atom stereocenters. The summed E-state index contributed by atoms with van der Waals surface area (Å²) in [5.74, 6) is 2.54. The van der Waals surface area contributed by atoms with E-state index in [0.29, 0.717) is 19.6 Å². The third-order valence-electron chi connectivity index (χ3n) is 5.90. The Morgan fingerprint density at radius 2 is 1.68 bits per heavy atom. The fourth-order valence-corrected chi connectivity index (χ4v) is 4.15. The highest BCUT2D eigenvalue weighted by Gasteiger charge is 2.32. The van der Waals surface area contributed by atoms with Crippen LogP contribution in [-0.2, 0) is 6.18 Å². The van der Waals surface area contributed by atoms with E-state index in [0.717, 1.165) is 56.0 Å². The molecule has 0 aromatic carbocycles. The Balaban J connectivity index is 1.27. The standard InChI is InChI=1S/C22H32F3N9/c1-16(15-26-8-9-28-20-27-7-6-17(30-20)22(23,24)25)29-18-14-19(33-10-2-3-11-33)32-21(31-18)34-12-4-5-13-34/h6-7,14,16,26H,2-5,8-13,15H2,1H3,(H,27,28,30)(H,29,31,32). The van der Waals surface area contributed by atoms with Gasteiger partial charge in [0.1, 0.15) is 17.3 Å². The summed E-state index contributed by atoms with van der Waals surface area (Å²) >= 11 is 0. The van der Waals surface area contributed by atoms with Crippen LogP contribution in [0.15, 0.2) is 18.3 Å². The molecule has 3 N–H and O–H groups in total. The van der Waals surface area contributed by atoms with Gasteiger partial charge in [-0.25, -0.2) is 9.97 Å². The van der Waals surface area contributed by atoms with Crippen molar-refractivity contribution in [3.8, 4) is 0 Å². The SMILES string of the molecule is CC(CNCCNc1nccc(C(F)(F)F)n1)Nc1cc(N2CCCC2)nc(N2CCCC2)n1. The van der Waals surface area contributed by atoms with E-state index in [1.165, 1.54) is 25.7 Å². The van der Waals surface area contributed by atoms with Gasteiger partial charge in [-0.15, -0.1) is 0 Å².